The van der Waals surface area contributed by atoms with Gasteiger partial charge in [-0.05, 0) is 48.0 Å². The van der Waals surface area contributed by atoms with Crippen LogP contribution in [0.25, 0.3) is 11.1 Å². The summed E-state index contributed by atoms with van der Waals surface area (Å²) in [5.41, 5.74) is -2.51. The number of carboxylic acid groups (broad SMARTS) is 1. The standard InChI is InChI=1S/C20H26N2O8/c1-8-10-11(23)9-12-14(21-10)13(16(24)25)15(28-12)22(17(26)29-19(2,3)4)18(27)30-20(5,6)7/h9,23H,8H2,1-7H3,(H,24,25). The van der Waals surface area contributed by atoms with Crippen LogP contribution in [0.4, 0.5) is 15.5 Å². The number of carboxylic acids is 1. The lowest BCUT2D eigenvalue weighted by Crippen LogP contribution is -2.44. The van der Waals surface area contributed by atoms with Crippen LogP contribution in [-0.4, -0.2) is 44.6 Å². The molecule has 0 saturated heterocycles. The Hall–Kier alpha value is -3.30. The van der Waals surface area contributed by atoms with Crippen molar-refractivity contribution in [1.82, 2.24) is 4.98 Å². The minimum Gasteiger partial charge on any atom is -0.506 e. The van der Waals surface area contributed by atoms with E-state index in [9.17, 15) is 24.6 Å². The van der Waals surface area contributed by atoms with Crippen LogP contribution in [0.1, 0.15) is 64.5 Å². The van der Waals surface area contributed by atoms with E-state index in [2.05, 4.69) is 4.98 Å². The second-order valence-corrected chi connectivity index (χ2v) is 8.54. The smallest absolute Gasteiger partial charge is 0.427 e. The number of rotatable bonds is 3. The number of nitrogens with zero attached hydrogens (tertiary/aromatic N) is 2. The summed E-state index contributed by atoms with van der Waals surface area (Å²) in [6, 6.07) is 1.18. The van der Waals surface area contributed by atoms with E-state index >= 15 is 0 Å². The summed E-state index contributed by atoms with van der Waals surface area (Å²) >= 11 is 0. The van der Waals surface area contributed by atoms with E-state index in [0.717, 1.165) is 0 Å². The average molecular weight is 422 g/mol. The summed E-state index contributed by atoms with van der Waals surface area (Å²) in [6.45, 7) is 11.2. The molecule has 0 fully saturated rings. The van der Waals surface area contributed by atoms with Gasteiger partial charge in [-0.3, -0.25) is 0 Å². The van der Waals surface area contributed by atoms with Gasteiger partial charge < -0.3 is 24.1 Å². The number of aryl methyl sites for hydroxylation is 1. The van der Waals surface area contributed by atoms with E-state index in [4.69, 9.17) is 13.9 Å². The predicted molar refractivity (Wildman–Crippen MR) is 107 cm³/mol. The van der Waals surface area contributed by atoms with Gasteiger partial charge in [-0.25, -0.2) is 19.4 Å². The lowest BCUT2D eigenvalue weighted by atomic mass is 10.2. The molecule has 2 rings (SSSR count). The molecule has 2 N–H and O–H groups in total. The number of hydrogen-bond acceptors (Lipinski definition) is 8. The van der Waals surface area contributed by atoms with Crippen molar-refractivity contribution in [2.45, 2.75) is 66.1 Å². The van der Waals surface area contributed by atoms with Gasteiger partial charge in [0.2, 0.25) is 5.88 Å². The van der Waals surface area contributed by atoms with Crippen LogP contribution in [0.2, 0.25) is 0 Å². The maximum atomic E-state index is 12.8. The Labute approximate surface area is 173 Å². The molecule has 2 heterocycles. The fourth-order valence-electron chi connectivity index (χ4n) is 2.50. The second-order valence-electron chi connectivity index (χ2n) is 8.54. The van der Waals surface area contributed by atoms with Gasteiger partial charge in [0, 0.05) is 6.07 Å². The van der Waals surface area contributed by atoms with Crippen molar-refractivity contribution in [3.05, 3.63) is 17.3 Å². The first kappa shape index (κ1) is 23.0. The lowest BCUT2D eigenvalue weighted by molar-refractivity contribution is 0.0422. The fourth-order valence-corrected chi connectivity index (χ4v) is 2.50. The monoisotopic (exact) mass is 422 g/mol. The zero-order valence-corrected chi connectivity index (χ0v) is 18.0. The Morgan fingerprint density at radius 1 is 1.07 bits per heavy atom. The third-order valence-electron chi connectivity index (χ3n) is 3.60. The van der Waals surface area contributed by atoms with Crippen LogP contribution >= 0.6 is 0 Å². The number of aromatic carboxylic acids is 1. The third kappa shape index (κ3) is 5.00. The molecule has 0 unspecified atom stereocenters. The number of fused-ring (bicyclic) bond motifs is 1. The molecule has 0 saturated carbocycles. The first-order valence-electron chi connectivity index (χ1n) is 9.29. The lowest BCUT2D eigenvalue weighted by Gasteiger charge is -2.27. The van der Waals surface area contributed by atoms with Crippen molar-refractivity contribution >= 4 is 35.1 Å². The summed E-state index contributed by atoms with van der Waals surface area (Å²) in [5, 5.41) is 19.8. The zero-order valence-electron chi connectivity index (χ0n) is 18.0. The molecule has 2 amide bonds. The Morgan fingerprint density at radius 3 is 1.97 bits per heavy atom. The molecule has 0 aromatic carbocycles. The molecule has 2 aromatic heterocycles. The number of anilines is 1. The van der Waals surface area contributed by atoms with E-state index in [1.165, 1.54) is 6.07 Å². The van der Waals surface area contributed by atoms with Gasteiger partial charge in [0.15, 0.2) is 11.1 Å². The molecule has 0 bridgehead atoms. The molecular weight excluding hydrogens is 396 g/mol. The van der Waals surface area contributed by atoms with Crippen molar-refractivity contribution < 1.29 is 38.5 Å². The fraction of sp³-hybridized carbons (Fsp3) is 0.500. The summed E-state index contributed by atoms with van der Waals surface area (Å²) in [5.74, 6) is -2.31. The maximum absolute atomic E-state index is 12.8. The van der Waals surface area contributed by atoms with E-state index in [1.54, 1.807) is 48.5 Å². The number of furan rings is 1. The molecule has 164 valence electrons. The van der Waals surface area contributed by atoms with Crippen molar-refractivity contribution in [2.75, 3.05) is 4.90 Å². The van der Waals surface area contributed by atoms with E-state index < -0.39 is 40.8 Å². The van der Waals surface area contributed by atoms with Crippen LogP contribution in [0.15, 0.2) is 10.5 Å². The molecule has 0 radical (unpaired) electrons. The summed E-state index contributed by atoms with van der Waals surface area (Å²) < 4.78 is 16.0. The van der Waals surface area contributed by atoms with Crippen molar-refractivity contribution in [1.29, 1.82) is 0 Å². The molecule has 2 aromatic rings. The number of aromatic hydroxyl groups is 1. The molecule has 30 heavy (non-hydrogen) atoms. The quantitative estimate of drug-likeness (QED) is 0.733. The van der Waals surface area contributed by atoms with Crippen molar-refractivity contribution in [3.8, 4) is 5.75 Å². The maximum Gasteiger partial charge on any atom is 0.427 e. The summed E-state index contributed by atoms with van der Waals surface area (Å²) in [4.78, 5) is 42.1. The van der Waals surface area contributed by atoms with Gasteiger partial charge in [0.25, 0.3) is 0 Å². The number of carbonyl (C=O) groups excluding carboxylic acids is 2. The second kappa shape index (κ2) is 7.85. The molecule has 0 aliphatic heterocycles. The largest absolute Gasteiger partial charge is 0.506 e. The topological polar surface area (TPSA) is 139 Å². The molecular formula is C20H26N2O8. The van der Waals surface area contributed by atoms with Crippen LogP contribution in [0, 0.1) is 0 Å². The highest BCUT2D eigenvalue weighted by Crippen LogP contribution is 2.36. The van der Waals surface area contributed by atoms with Gasteiger partial charge in [-0.1, -0.05) is 6.92 Å². The molecule has 0 spiro atoms. The minimum absolute atomic E-state index is 0.116. The van der Waals surface area contributed by atoms with E-state index in [1.807, 2.05) is 0 Å². The number of amides is 2. The van der Waals surface area contributed by atoms with E-state index in [-0.39, 0.29) is 22.5 Å². The minimum atomic E-state index is -1.49. The average Bonchev–Trinajstić information content (AvgIpc) is 2.88. The number of hydrogen-bond donors (Lipinski definition) is 2. The van der Waals surface area contributed by atoms with Crippen molar-refractivity contribution in [3.63, 3.8) is 0 Å². The van der Waals surface area contributed by atoms with Gasteiger partial charge in [0.05, 0.1) is 5.69 Å². The summed E-state index contributed by atoms with van der Waals surface area (Å²) in [6.07, 6.45) is -2.04. The molecule has 0 aliphatic carbocycles. The molecule has 0 aliphatic rings. The molecule has 10 nitrogen and oxygen atoms in total. The van der Waals surface area contributed by atoms with Crippen LogP contribution < -0.4 is 4.90 Å². The Morgan fingerprint density at radius 2 is 1.57 bits per heavy atom. The highest BCUT2D eigenvalue weighted by Gasteiger charge is 2.39. The molecule has 0 atom stereocenters. The normalized spacial score (nSPS) is 12.0. The van der Waals surface area contributed by atoms with Crippen molar-refractivity contribution in [2.24, 2.45) is 0 Å². The van der Waals surface area contributed by atoms with Gasteiger partial charge in [-0.15, -0.1) is 4.90 Å². The third-order valence-corrected chi connectivity index (χ3v) is 3.60. The number of pyridine rings is 1. The number of imide groups is 1. The Bertz CT molecular complexity index is 967. The van der Waals surface area contributed by atoms with Gasteiger partial charge in [-0.2, -0.15) is 0 Å². The number of aromatic nitrogens is 1. The number of carbonyl (C=O) groups is 3. The highest BCUT2D eigenvalue weighted by atomic mass is 16.6. The SMILES string of the molecule is CCc1nc2c(C(=O)O)c(N(C(=O)OC(C)(C)C)C(=O)OC(C)(C)C)oc2cc1O. The predicted octanol–water partition coefficient (Wildman–Crippen LogP) is 4.47. The zero-order chi connectivity index (χ0) is 23.0. The summed E-state index contributed by atoms with van der Waals surface area (Å²) in [7, 11) is 0. The van der Waals surface area contributed by atoms with Crippen LogP contribution in [0.5, 0.6) is 5.75 Å². The Balaban J connectivity index is 2.75. The first-order valence-corrected chi connectivity index (χ1v) is 9.29. The van der Waals surface area contributed by atoms with Crippen LogP contribution in [0.3, 0.4) is 0 Å². The van der Waals surface area contributed by atoms with Gasteiger partial charge in [0.1, 0.15) is 22.5 Å². The number of ether oxygens (including phenoxy) is 2. The first-order chi connectivity index (χ1) is 13.6. The molecule has 10 heteroatoms. The Kier molecular flexibility index (Phi) is 6.01. The van der Waals surface area contributed by atoms with Crippen LogP contribution in [-0.2, 0) is 15.9 Å². The highest BCUT2D eigenvalue weighted by molar-refractivity contribution is 6.15. The van der Waals surface area contributed by atoms with Gasteiger partial charge >= 0.3 is 18.2 Å². The van der Waals surface area contributed by atoms with E-state index in [0.29, 0.717) is 11.3 Å².